The summed E-state index contributed by atoms with van der Waals surface area (Å²) in [4.78, 5) is 40.2. The molecule has 3 aromatic carbocycles. The third-order valence-electron chi connectivity index (χ3n) is 12.1. The molecule has 0 unspecified atom stereocenters. The lowest BCUT2D eigenvalue weighted by molar-refractivity contribution is -0.137. The van der Waals surface area contributed by atoms with Gasteiger partial charge in [-0.05, 0) is 97.0 Å². The van der Waals surface area contributed by atoms with Gasteiger partial charge in [-0.15, -0.1) is 0 Å². The van der Waals surface area contributed by atoms with E-state index in [0.717, 1.165) is 35.2 Å². The van der Waals surface area contributed by atoms with Crippen molar-refractivity contribution in [2.75, 3.05) is 20.8 Å². The van der Waals surface area contributed by atoms with Crippen LogP contribution in [-0.4, -0.2) is 77.6 Å². The highest BCUT2D eigenvalue weighted by Gasteiger charge is 2.46. The predicted molar refractivity (Wildman–Crippen MR) is 196 cm³/mol. The minimum atomic E-state index is -3.20. The van der Waals surface area contributed by atoms with Crippen LogP contribution in [0.4, 0.5) is 19.3 Å². The fourth-order valence-electron chi connectivity index (χ4n) is 9.23. The number of aliphatic imine (C=N–C) groups is 1. The Balaban J connectivity index is 0.941. The van der Waals surface area contributed by atoms with Crippen molar-refractivity contribution in [2.45, 2.75) is 81.6 Å². The molecule has 5 aliphatic rings. The van der Waals surface area contributed by atoms with Crippen molar-refractivity contribution in [3.8, 4) is 33.5 Å². The fourth-order valence-corrected chi connectivity index (χ4v) is 9.23. The molecule has 9 rings (SSSR count). The van der Waals surface area contributed by atoms with Crippen LogP contribution in [0.15, 0.2) is 65.8 Å². The monoisotopic (exact) mass is 720 g/mol. The van der Waals surface area contributed by atoms with Gasteiger partial charge in [-0.25, -0.2) is 9.78 Å². The molecule has 3 fully saturated rings. The summed E-state index contributed by atoms with van der Waals surface area (Å²) in [6.45, 7) is 2.17. The van der Waals surface area contributed by atoms with Crippen LogP contribution in [0.1, 0.15) is 67.6 Å². The van der Waals surface area contributed by atoms with E-state index in [-0.39, 0.29) is 23.1 Å². The van der Waals surface area contributed by atoms with Gasteiger partial charge in [-0.3, -0.25) is 9.79 Å². The molecule has 6 atom stereocenters. The van der Waals surface area contributed by atoms with Crippen molar-refractivity contribution in [2.24, 2.45) is 10.9 Å². The number of hydrogen-bond acceptors (Lipinski definition) is 7. The number of imidazole rings is 1. The Morgan fingerprint density at radius 3 is 2.43 bits per heavy atom. The number of likely N-dealkylation sites (tertiary alicyclic amines) is 1. The molecule has 274 valence electrons. The van der Waals surface area contributed by atoms with E-state index in [4.69, 9.17) is 14.5 Å². The van der Waals surface area contributed by atoms with E-state index in [0.29, 0.717) is 59.2 Å². The van der Waals surface area contributed by atoms with Gasteiger partial charge in [0, 0.05) is 54.6 Å². The standard InChI is InChI=1S/C41H42F2N6O4/c1-21(52-2)36(48-40(51)53-3)39(50)49-14-4-5-35(49)38-44-20-34(47-38)24-8-12-29-28-11-7-23(17-30(28)41(42,43)31(29)18-24)22-9-13-32-26(15-22)19-33(46-32)37-25-6-10-27(16-25)45-37/h7-9,11-13,15,17-18,20-21,25,27,35-37,45H,4-6,10,14,16,19H2,1-3H3,(H,44,47)(H,48,51)/t21-,25-,27-,35+,36+,37+/m1/s1. The predicted octanol–water partition coefficient (Wildman–Crippen LogP) is 7.06. The second-order valence-electron chi connectivity index (χ2n) is 15.1. The van der Waals surface area contributed by atoms with Crippen molar-refractivity contribution >= 4 is 23.4 Å². The number of nitrogens with zero attached hydrogens (tertiary/aromatic N) is 3. The third-order valence-corrected chi connectivity index (χ3v) is 12.1. The van der Waals surface area contributed by atoms with Crippen LogP contribution >= 0.6 is 0 Å². The molecular weight excluding hydrogens is 678 g/mol. The second kappa shape index (κ2) is 12.9. The number of alkyl halides is 2. The van der Waals surface area contributed by atoms with Gasteiger partial charge in [-0.2, -0.15) is 8.78 Å². The zero-order valence-electron chi connectivity index (χ0n) is 29.9. The Morgan fingerprint density at radius 2 is 1.72 bits per heavy atom. The van der Waals surface area contributed by atoms with Gasteiger partial charge in [0.2, 0.25) is 5.91 Å². The second-order valence-corrected chi connectivity index (χ2v) is 15.1. The first-order valence-electron chi connectivity index (χ1n) is 18.5. The molecular formula is C41H42F2N6O4. The van der Waals surface area contributed by atoms with Crippen LogP contribution in [-0.2, 0) is 26.6 Å². The van der Waals surface area contributed by atoms with Gasteiger partial charge >= 0.3 is 6.09 Å². The van der Waals surface area contributed by atoms with E-state index < -0.39 is 24.2 Å². The van der Waals surface area contributed by atoms with Gasteiger partial charge in [0.1, 0.15) is 11.9 Å². The Hall–Kier alpha value is -4.94. The Bertz CT molecular complexity index is 2170. The van der Waals surface area contributed by atoms with Crippen molar-refractivity contribution in [3.63, 3.8) is 0 Å². The van der Waals surface area contributed by atoms with E-state index in [2.05, 4.69) is 26.7 Å². The molecule has 2 saturated heterocycles. The summed E-state index contributed by atoms with van der Waals surface area (Å²) in [6.07, 6.45) is 6.22. The van der Waals surface area contributed by atoms with Crippen LogP contribution in [0.2, 0.25) is 0 Å². The number of nitrogens with one attached hydrogen (secondary N) is 3. The van der Waals surface area contributed by atoms with Crippen LogP contribution < -0.4 is 10.6 Å². The SMILES string of the molecule is COC(=O)N[C@H](C(=O)N1CCC[C@H]1c1ncc(-c2ccc3c(c2)C(F)(F)c2cc(-c4ccc5c(c4)CC([C@H]4N[C@@H]6CC[C@@H]4C6)=N5)ccc2-3)[nH]1)[C@@H](C)OC. The number of H-pyrrole nitrogens is 1. The Morgan fingerprint density at radius 1 is 0.981 bits per heavy atom. The summed E-state index contributed by atoms with van der Waals surface area (Å²) in [5.74, 6) is -2.30. The van der Waals surface area contributed by atoms with E-state index >= 15 is 8.78 Å². The van der Waals surface area contributed by atoms with Crippen molar-refractivity contribution in [1.29, 1.82) is 0 Å². The number of carbonyl (C=O) groups is 2. The molecule has 10 nitrogen and oxygen atoms in total. The zero-order chi connectivity index (χ0) is 36.6. The molecule has 0 radical (unpaired) electrons. The number of fused-ring (bicyclic) bond motifs is 6. The average Bonchev–Trinajstić information content (AvgIpc) is 4.04. The highest BCUT2D eigenvalue weighted by molar-refractivity contribution is 5.99. The van der Waals surface area contributed by atoms with Crippen molar-refractivity contribution < 1.29 is 27.8 Å². The number of hydrogen-bond donors (Lipinski definition) is 3. The summed E-state index contributed by atoms with van der Waals surface area (Å²) in [5.41, 5.74) is 7.12. The number of benzene rings is 3. The number of halogens is 2. The molecule has 3 N–H and O–H groups in total. The molecule has 12 heteroatoms. The molecule has 53 heavy (non-hydrogen) atoms. The maximum absolute atomic E-state index is 16.4. The van der Waals surface area contributed by atoms with Crippen LogP contribution in [0.3, 0.4) is 0 Å². The minimum absolute atomic E-state index is 0.00316. The number of amides is 2. The molecule has 0 spiro atoms. The first kappa shape index (κ1) is 33.9. The molecule has 4 aromatic rings. The van der Waals surface area contributed by atoms with E-state index in [1.165, 1.54) is 39.2 Å². The summed E-state index contributed by atoms with van der Waals surface area (Å²) < 4.78 is 42.9. The summed E-state index contributed by atoms with van der Waals surface area (Å²) in [6, 6.07) is 16.2. The topological polar surface area (TPSA) is 121 Å². The van der Waals surface area contributed by atoms with Gasteiger partial charge < -0.3 is 30.0 Å². The maximum atomic E-state index is 16.4. The number of carbonyl (C=O) groups excluding carboxylic acids is 2. The first-order chi connectivity index (χ1) is 25.6. The highest BCUT2D eigenvalue weighted by Crippen LogP contribution is 2.53. The molecule has 2 aliphatic carbocycles. The third kappa shape index (κ3) is 5.65. The lowest BCUT2D eigenvalue weighted by Gasteiger charge is -2.30. The number of aromatic nitrogens is 2. The first-order valence-corrected chi connectivity index (χ1v) is 18.5. The van der Waals surface area contributed by atoms with Crippen molar-refractivity contribution in [3.05, 3.63) is 83.3 Å². The highest BCUT2D eigenvalue weighted by atomic mass is 19.3. The lowest BCUT2D eigenvalue weighted by atomic mass is 9.92. The van der Waals surface area contributed by atoms with Gasteiger partial charge in [0.05, 0.1) is 36.8 Å². The zero-order valence-corrected chi connectivity index (χ0v) is 29.9. The number of ether oxygens (including phenoxy) is 2. The van der Waals surface area contributed by atoms with E-state index in [1.807, 2.05) is 30.3 Å². The molecule has 4 heterocycles. The smallest absolute Gasteiger partial charge is 0.407 e. The number of rotatable bonds is 8. The molecule has 3 aliphatic heterocycles. The number of alkyl carbamates (subject to hydrolysis) is 1. The maximum Gasteiger partial charge on any atom is 0.407 e. The van der Waals surface area contributed by atoms with E-state index in [1.54, 1.807) is 36.2 Å². The molecule has 1 aromatic heterocycles. The lowest BCUT2D eigenvalue weighted by Crippen LogP contribution is -2.54. The summed E-state index contributed by atoms with van der Waals surface area (Å²) in [5, 5.41) is 6.34. The minimum Gasteiger partial charge on any atom is -0.453 e. The fraction of sp³-hybridized carbons (Fsp3) is 0.415. The van der Waals surface area contributed by atoms with Gasteiger partial charge in [0.15, 0.2) is 0 Å². The molecule has 2 bridgehead atoms. The Kier molecular flexibility index (Phi) is 8.23. The van der Waals surface area contributed by atoms with E-state index in [9.17, 15) is 9.59 Å². The van der Waals surface area contributed by atoms with Crippen LogP contribution in [0, 0.1) is 5.92 Å². The summed E-state index contributed by atoms with van der Waals surface area (Å²) >= 11 is 0. The van der Waals surface area contributed by atoms with Crippen LogP contribution in [0.25, 0.3) is 33.5 Å². The quantitative estimate of drug-likeness (QED) is 0.179. The summed E-state index contributed by atoms with van der Waals surface area (Å²) in [7, 11) is 2.70. The molecule has 2 amide bonds. The number of aromatic amines is 1. The number of methoxy groups -OCH3 is 2. The molecule has 1 saturated carbocycles. The van der Waals surface area contributed by atoms with Crippen molar-refractivity contribution in [1.82, 2.24) is 25.5 Å². The Labute approximate surface area is 306 Å². The van der Waals surface area contributed by atoms with Gasteiger partial charge in [-0.1, -0.05) is 30.3 Å². The largest absolute Gasteiger partial charge is 0.453 e. The normalized spacial score (nSPS) is 24.4. The van der Waals surface area contributed by atoms with Crippen LogP contribution in [0.5, 0.6) is 0 Å². The van der Waals surface area contributed by atoms with Gasteiger partial charge in [0.25, 0.3) is 5.92 Å². The average molecular weight is 721 g/mol. The number of piperidine rings is 1.